The second-order valence-corrected chi connectivity index (χ2v) is 5.40. The Morgan fingerprint density at radius 1 is 1.45 bits per heavy atom. The lowest BCUT2D eigenvalue weighted by Gasteiger charge is -2.33. The summed E-state index contributed by atoms with van der Waals surface area (Å²) in [5.41, 5.74) is 0.601. The van der Waals surface area contributed by atoms with Gasteiger partial charge in [0, 0.05) is 26.2 Å². The Hall–Kier alpha value is -1.50. The number of ether oxygens (including phenoxy) is 2. The van der Waals surface area contributed by atoms with Gasteiger partial charge in [-0.3, -0.25) is 9.69 Å². The van der Waals surface area contributed by atoms with E-state index in [4.69, 9.17) is 21.1 Å². The number of methoxy groups -OCH3 is 1. The highest BCUT2D eigenvalue weighted by molar-refractivity contribution is 6.32. The Balaban J connectivity index is 2.40. The minimum Gasteiger partial charge on any atom is -0.491 e. The van der Waals surface area contributed by atoms with Gasteiger partial charge in [-0.15, -0.1) is 0 Å². The standard InChI is InChI=1S/C15H21ClN2O4/c1-3-22-12-9-10(8-11(16)14(12)21-2)13(15(19)20)18-6-4-17-5-7-18/h8-9,13,17H,3-7H2,1-2H3,(H,19,20). The van der Waals surface area contributed by atoms with Gasteiger partial charge in [-0.25, -0.2) is 0 Å². The Kier molecular flexibility index (Phi) is 5.88. The molecule has 6 nitrogen and oxygen atoms in total. The molecule has 0 amide bonds. The zero-order chi connectivity index (χ0) is 16.1. The Bertz CT molecular complexity index is 533. The number of halogens is 1. The average Bonchev–Trinajstić information content (AvgIpc) is 2.48. The number of carboxylic acid groups (broad SMARTS) is 1. The third kappa shape index (κ3) is 3.63. The van der Waals surface area contributed by atoms with Crippen molar-refractivity contribution in [2.75, 3.05) is 39.9 Å². The summed E-state index contributed by atoms with van der Waals surface area (Å²) in [4.78, 5) is 13.7. The number of piperazine rings is 1. The van der Waals surface area contributed by atoms with Crippen molar-refractivity contribution in [3.05, 3.63) is 22.7 Å². The molecule has 1 aliphatic heterocycles. The third-order valence-electron chi connectivity index (χ3n) is 3.60. The van der Waals surface area contributed by atoms with Gasteiger partial charge in [-0.2, -0.15) is 0 Å². The summed E-state index contributed by atoms with van der Waals surface area (Å²) in [6, 6.07) is 2.60. The fraction of sp³-hybridized carbons (Fsp3) is 0.533. The monoisotopic (exact) mass is 328 g/mol. The summed E-state index contributed by atoms with van der Waals surface area (Å²) in [7, 11) is 1.51. The number of carboxylic acids is 1. The first kappa shape index (κ1) is 16.9. The highest BCUT2D eigenvalue weighted by atomic mass is 35.5. The van der Waals surface area contributed by atoms with Crippen LogP contribution >= 0.6 is 11.6 Å². The molecule has 1 aromatic rings. The Morgan fingerprint density at radius 3 is 2.68 bits per heavy atom. The van der Waals surface area contributed by atoms with Crippen LogP contribution in [-0.4, -0.2) is 55.9 Å². The summed E-state index contributed by atoms with van der Waals surface area (Å²) < 4.78 is 10.8. The van der Waals surface area contributed by atoms with Gasteiger partial charge >= 0.3 is 5.97 Å². The predicted molar refractivity (Wildman–Crippen MR) is 84.0 cm³/mol. The maximum Gasteiger partial charge on any atom is 0.325 e. The molecule has 2 rings (SSSR count). The molecule has 0 spiro atoms. The van der Waals surface area contributed by atoms with Crippen LogP contribution in [0.1, 0.15) is 18.5 Å². The summed E-state index contributed by atoms with van der Waals surface area (Å²) in [6.45, 7) is 5.18. The number of rotatable bonds is 6. The average molecular weight is 329 g/mol. The number of nitrogens with one attached hydrogen (secondary N) is 1. The van der Waals surface area contributed by atoms with Crippen LogP contribution < -0.4 is 14.8 Å². The van der Waals surface area contributed by atoms with E-state index < -0.39 is 12.0 Å². The van der Waals surface area contributed by atoms with Crippen molar-refractivity contribution in [3.63, 3.8) is 0 Å². The van der Waals surface area contributed by atoms with Crippen LogP contribution in [0, 0.1) is 0 Å². The summed E-state index contributed by atoms with van der Waals surface area (Å²) in [5, 5.41) is 13.2. The van der Waals surface area contributed by atoms with Crippen molar-refractivity contribution in [3.8, 4) is 11.5 Å². The van der Waals surface area contributed by atoms with E-state index >= 15 is 0 Å². The second kappa shape index (κ2) is 7.67. The predicted octanol–water partition coefficient (Wildman–Crippen LogP) is 1.78. The van der Waals surface area contributed by atoms with E-state index in [1.165, 1.54) is 7.11 Å². The lowest BCUT2D eigenvalue weighted by Crippen LogP contribution is -2.47. The molecule has 122 valence electrons. The zero-order valence-electron chi connectivity index (χ0n) is 12.8. The lowest BCUT2D eigenvalue weighted by molar-refractivity contribution is -0.143. The largest absolute Gasteiger partial charge is 0.491 e. The van der Waals surface area contributed by atoms with Crippen molar-refractivity contribution in [2.24, 2.45) is 0 Å². The first-order chi connectivity index (χ1) is 10.6. The topological polar surface area (TPSA) is 71.0 Å². The summed E-state index contributed by atoms with van der Waals surface area (Å²) >= 11 is 6.23. The first-order valence-electron chi connectivity index (χ1n) is 7.26. The molecule has 0 bridgehead atoms. The normalized spacial score (nSPS) is 17.0. The molecule has 7 heteroatoms. The molecule has 1 atom stereocenters. The quantitative estimate of drug-likeness (QED) is 0.829. The number of benzene rings is 1. The van der Waals surface area contributed by atoms with Crippen molar-refractivity contribution in [1.29, 1.82) is 0 Å². The van der Waals surface area contributed by atoms with Gasteiger partial charge in [0.1, 0.15) is 6.04 Å². The Morgan fingerprint density at radius 2 is 2.14 bits per heavy atom. The number of hydrogen-bond donors (Lipinski definition) is 2. The van der Waals surface area contributed by atoms with Crippen LogP contribution in [-0.2, 0) is 4.79 Å². The Labute approximate surface area is 135 Å². The summed E-state index contributed by atoms with van der Waals surface area (Å²) in [5.74, 6) is -0.00353. The molecule has 1 unspecified atom stereocenters. The van der Waals surface area contributed by atoms with Crippen LogP contribution in [0.2, 0.25) is 5.02 Å². The number of nitrogens with zero attached hydrogens (tertiary/aromatic N) is 1. The SMILES string of the molecule is CCOc1cc(C(C(=O)O)N2CCNCC2)cc(Cl)c1OC. The van der Waals surface area contributed by atoms with Crippen molar-refractivity contribution in [2.45, 2.75) is 13.0 Å². The second-order valence-electron chi connectivity index (χ2n) is 4.99. The fourth-order valence-electron chi connectivity index (χ4n) is 2.66. The van der Waals surface area contributed by atoms with E-state index in [1.807, 2.05) is 11.8 Å². The molecule has 1 fully saturated rings. The molecule has 1 aromatic carbocycles. The van der Waals surface area contributed by atoms with Crippen molar-refractivity contribution >= 4 is 17.6 Å². The van der Waals surface area contributed by atoms with E-state index in [1.54, 1.807) is 12.1 Å². The van der Waals surface area contributed by atoms with Gasteiger partial charge in [0.2, 0.25) is 0 Å². The van der Waals surface area contributed by atoms with Gasteiger partial charge < -0.3 is 19.9 Å². The zero-order valence-corrected chi connectivity index (χ0v) is 13.5. The summed E-state index contributed by atoms with van der Waals surface area (Å²) in [6.07, 6.45) is 0. The van der Waals surface area contributed by atoms with Crippen molar-refractivity contribution in [1.82, 2.24) is 10.2 Å². The molecule has 0 saturated carbocycles. The molecule has 0 radical (unpaired) electrons. The maximum atomic E-state index is 11.8. The molecule has 1 saturated heterocycles. The lowest BCUT2D eigenvalue weighted by atomic mass is 10.0. The van der Waals surface area contributed by atoms with E-state index in [9.17, 15) is 9.90 Å². The molecular formula is C15H21ClN2O4. The molecule has 0 aromatic heterocycles. The van der Waals surface area contributed by atoms with E-state index in [2.05, 4.69) is 5.32 Å². The van der Waals surface area contributed by atoms with Gasteiger partial charge in [0.25, 0.3) is 0 Å². The molecule has 1 heterocycles. The van der Waals surface area contributed by atoms with Crippen LogP contribution in [0.3, 0.4) is 0 Å². The maximum absolute atomic E-state index is 11.8. The minimum absolute atomic E-state index is 0.352. The van der Waals surface area contributed by atoms with E-state index in [-0.39, 0.29) is 0 Å². The van der Waals surface area contributed by atoms with E-state index in [0.717, 1.165) is 13.1 Å². The van der Waals surface area contributed by atoms with Crippen LogP contribution in [0.25, 0.3) is 0 Å². The van der Waals surface area contributed by atoms with Crippen molar-refractivity contribution < 1.29 is 19.4 Å². The number of hydrogen-bond acceptors (Lipinski definition) is 5. The third-order valence-corrected chi connectivity index (χ3v) is 3.88. The molecule has 22 heavy (non-hydrogen) atoms. The molecule has 1 aliphatic rings. The molecular weight excluding hydrogens is 308 g/mol. The fourth-order valence-corrected chi connectivity index (χ4v) is 2.95. The van der Waals surface area contributed by atoms with Gasteiger partial charge in [-0.1, -0.05) is 11.6 Å². The highest BCUT2D eigenvalue weighted by Crippen LogP contribution is 2.39. The van der Waals surface area contributed by atoms with Crippen LogP contribution in [0.15, 0.2) is 12.1 Å². The minimum atomic E-state index is -0.898. The van der Waals surface area contributed by atoms with Crippen LogP contribution in [0.5, 0.6) is 11.5 Å². The van der Waals surface area contributed by atoms with Gasteiger partial charge in [0.15, 0.2) is 11.5 Å². The smallest absolute Gasteiger partial charge is 0.325 e. The van der Waals surface area contributed by atoms with E-state index in [0.29, 0.717) is 41.8 Å². The molecule has 2 N–H and O–H groups in total. The highest BCUT2D eigenvalue weighted by Gasteiger charge is 2.30. The number of aliphatic carboxylic acids is 1. The number of carbonyl (C=O) groups is 1. The van der Waals surface area contributed by atoms with Gasteiger partial charge in [0.05, 0.1) is 18.7 Å². The van der Waals surface area contributed by atoms with Crippen LogP contribution in [0.4, 0.5) is 0 Å². The van der Waals surface area contributed by atoms with Gasteiger partial charge in [-0.05, 0) is 24.6 Å². The first-order valence-corrected chi connectivity index (χ1v) is 7.64. The molecule has 0 aliphatic carbocycles.